The van der Waals surface area contributed by atoms with E-state index in [1.807, 2.05) is 0 Å². The van der Waals surface area contributed by atoms with E-state index in [1.165, 1.54) is 19.3 Å². The molecule has 0 heteroatoms. The Hall–Kier alpha value is 0. The van der Waals surface area contributed by atoms with Crippen LogP contribution in [0.1, 0.15) is 84.5 Å². The number of rotatable bonds is 0. The second-order valence-corrected chi connectivity index (χ2v) is 8.99. The van der Waals surface area contributed by atoms with Crippen LogP contribution in [-0.4, -0.2) is 0 Å². The van der Waals surface area contributed by atoms with Gasteiger partial charge >= 0.3 is 0 Å². The molecule has 0 spiro atoms. The molecule has 4 aliphatic carbocycles. The van der Waals surface area contributed by atoms with Crippen LogP contribution >= 0.6 is 0 Å². The molecule has 4 fully saturated rings. The van der Waals surface area contributed by atoms with E-state index < -0.39 is 0 Å². The average molecular weight is 260 g/mol. The minimum absolute atomic E-state index is 0.741. The molecule has 0 saturated heterocycles. The lowest BCUT2D eigenvalue weighted by Crippen LogP contribution is -2.51. The van der Waals surface area contributed by atoms with E-state index in [-0.39, 0.29) is 0 Å². The summed E-state index contributed by atoms with van der Waals surface area (Å²) in [6, 6.07) is 0. The predicted molar refractivity (Wildman–Crippen MR) is 81.0 cm³/mol. The summed E-state index contributed by atoms with van der Waals surface area (Å²) in [4.78, 5) is 0. The molecule has 4 saturated carbocycles. The molecule has 0 aromatic rings. The van der Waals surface area contributed by atoms with Crippen molar-refractivity contribution in [3.8, 4) is 0 Å². The fraction of sp³-hybridized carbons (Fsp3) is 1.00. The minimum atomic E-state index is 0.741. The van der Waals surface area contributed by atoms with Crippen molar-refractivity contribution >= 4 is 0 Å². The van der Waals surface area contributed by atoms with E-state index in [0.29, 0.717) is 0 Å². The third-order valence-corrected chi connectivity index (χ3v) is 8.36. The summed E-state index contributed by atoms with van der Waals surface area (Å²) in [6.45, 7) is 5.33. The summed E-state index contributed by atoms with van der Waals surface area (Å²) in [5.41, 5.74) is 1.49. The SMILES string of the molecule is CC12CCC[C@H]1C1CCC3CCCCC3(C)[C@H]1CC2. The zero-order valence-corrected chi connectivity index (χ0v) is 13.1. The fourth-order valence-corrected chi connectivity index (χ4v) is 7.29. The molecule has 4 aliphatic rings. The van der Waals surface area contributed by atoms with E-state index in [2.05, 4.69) is 13.8 Å². The molecular formula is C19H32. The molecule has 0 aliphatic heterocycles. The second kappa shape index (κ2) is 4.25. The topological polar surface area (TPSA) is 0 Å². The number of hydrogen-bond donors (Lipinski definition) is 0. The van der Waals surface area contributed by atoms with Gasteiger partial charge in [0.1, 0.15) is 0 Å². The average Bonchev–Trinajstić information content (AvgIpc) is 2.79. The van der Waals surface area contributed by atoms with Crippen LogP contribution in [0.15, 0.2) is 0 Å². The first-order valence-corrected chi connectivity index (χ1v) is 9.13. The monoisotopic (exact) mass is 260 g/mol. The van der Waals surface area contributed by atoms with Gasteiger partial charge in [-0.05, 0) is 85.9 Å². The largest absolute Gasteiger partial charge is 0.0594 e. The maximum Gasteiger partial charge on any atom is -0.0266 e. The normalized spacial score (nSPS) is 57.2. The van der Waals surface area contributed by atoms with Crippen molar-refractivity contribution in [3.05, 3.63) is 0 Å². The first kappa shape index (κ1) is 12.7. The lowest BCUT2D eigenvalue weighted by atomic mass is 9.45. The van der Waals surface area contributed by atoms with Gasteiger partial charge in [-0.3, -0.25) is 0 Å². The molecule has 4 unspecified atom stereocenters. The van der Waals surface area contributed by atoms with Gasteiger partial charge in [0.25, 0.3) is 0 Å². The van der Waals surface area contributed by atoms with Gasteiger partial charge in [0.15, 0.2) is 0 Å². The van der Waals surface area contributed by atoms with E-state index in [9.17, 15) is 0 Å². The van der Waals surface area contributed by atoms with Crippen LogP contribution in [0.25, 0.3) is 0 Å². The summed E-state index contributed by atoms with van der Waals surface area (Å²) in [6.07, 6.45) is 17.1. The molecule has 0 radical (unpaired) electrons. The van der Waals surface area contributed by atoms with Gasteiger partial charge < -0.3 is 0 Å². The fourth-order valence-electron chi connectivity index (χ4n) is 7.29. The predicted octanol–water partition coefficient (Wildman–Crippen LogP) is 5.81. The Bertz CT molecular complexity index is 359. The van der Waals surface area contributed by atoms with Crippen molar-refractivity contribution < 1.29 is 0 Å². The van der Waals surface area contributed by atoms with E-state index >= 15 is 0 Å². The van der Waals surface area contributed by atoms with Gasteiger partial charge in [-0.15, -0.1) is 0 Å². The molecule has 0 heterocycles. The van der Waals surface area contributed by atoms with Gasteiger partial charge in [0.05, 0.1) is 0 Å². The maximum atomic E-state index is 2.70. The highest BCUT2D eigenvalue weighted by Gasteiger charge is 2.56. The molecule has 4 rings (SSSR count). The maximum absolute atomic E-state index is 2.70. The van der Waals surface area contributed by atoms with Crippen molar-refractivity contribution in [2.75, 3.05) is 0 Å². The zero-order chi connectivity index (χ0) is 13.1. The molecule has 0 N–H and O–H groups in total. The summed E-state index contributed by atoms with van der Waals surface area (Å²) >= 11 is 0. The van der Waals surface area contributed by atoms with Crippen molar-refractivity contribution in [3.63, 3.8) is 0 Å². The van der Waals surface area contributed by atoms with E-state index in [0.717, 1.165) is 34.5 Å². The Morgan fingerprint density at radius 3 is 2.47 bits per heavy atom. The summed E-state index contributed by atoms with van der Waals surface area (Å²) in [7, 11) is 0. The van der Waals surface area contributed by atoms with Crippen LogP contribution in [0.2, 0.25) is 0 Å². The standard InChI is InChI=1S/C19H32/c1-18-11-5-7-16(18)15-9-8-14-6-3-4-12-19(14,2)17(15)10-13-18/h14-17H,3-13H2,1-2H3/t14?,15?,16-,17-,18?,19?/m0/s1. The first-order valence-electron chi connectivity index (χ1n) is 9.13. The summed E-state index contributed by atoms with van der Waals surface area (Å²) < 4.78 is 0. The van der Waals surface area contributed by atoms with Crippen molar-refractivity contribution in [2.24, 2.45) is 34.5 Å². The second-order valence-electron chi connectivity index (χ2n) is 8.99. The molecule has 0 amide bonds. The van der Waals surface area contributed by atoms with Gasteiger partial charge in [-0.25, -0.2) is 0 Å². The lowest BCUT2D eigenvalue weighted by Gasteiger charge is -2.60. The minimum Gasteiger partial charge on any atom is -0.0594 e. The molecule has 6 atom stereocenters. The quantitative estimate of drug-likeness (QED) is 0.515. The van der Waals surface area contributed by atoms with Gasteiger partial charge in [0.2, 0.25) is 0 Å². The molecule has 0 nitrogen and oxygen atoms in total. The van der Waals surface area contributed by atoms with Crippen LogP contribution in [0.4, 0.5) is 0 Å². The lowest BCUT2D eigenvalue weighted by molar-refractivity contribution is -0.103. The van der Waals surface area contributed by atoms with Crippen LogP contribution in [0.5, 0.6) is 0 Å². The third kappa shape index (κ3) is 1.70. The highest BCUT2D eigenvalue weighted by Crippen LogP contribution is 2.66. The highest BCUT2D eigenvalue weighted by molar-refractivity contribution is 5.06. The van der Waals surface area contributed by atoms with Crippen molar-refractivity contribution in [1.82, 2.24) is 0 Å². The van der Waals surface area contributed by atoms with Crippen molar-refractivity contribution in [1.29, 1.82) is 0 Å². The Kier molecular flexibility index (Phi) is 2.84. The molecular weight excluding hydrogens is 228 g/mol. The zero-order valence-electron chi connectivity index (χ0n) is 13.1. The van der Waals surface area contributed by atoms with Crippen LogP contribution in [-0.2, 0) is 0 Å². The molecule has 0 aromatic carbocycles. The van der Waals surface area contributed by atoms with Crippen LogP contribution in [0, 0.1) is 34.5 Å². The van der Waals surface area contributed by atoms with Gasteiger partial charge in [0, 0.05) is 0 Å². The molecule has 19 heavy (non-hydrogen) atoms. The molecule has 0 aromatic heterocycles. The van der Waals surface area contributed by atoms with Gasteiger partial charge in [-0.2, -0.15) is 0 Å². The number of fused-ring (bicyclic) bond motifs is 5. The van der Waals surface area contributed by atoms with E-state index in [4.69, 9.17) is 0 Å². The van der Waals surface area contributed by atoms with Gasteiger partial charge in [-0.1, -0.05) is 33.1 Å². The highest BCUT2D eigenvalue weighted by atomic mass is 14.6. The Labute approximate surface area is 119 Å². The summed E-state index contributed by atoms with van der Waals surface area (Å²) in [5, 5.41) is 0. The molecule has 0 bridgehead atoms. The number of hydrogen-bond acceptors (Lipinski definition) is 0. The Morgan fingerprint density at radius 1 is 0.684 bits per heavy atom. The molecule has 108 valence electrons. The Morgan fingerprint density at radius 2 is 1.58 bits per heavy atom. The third-order valence-electron chi connectivity index (χ3n) is 8.36. The Balaban J connectivity index is 1.64. The van der Waals surface area contributed by atoms with E-state index in [1.54, 1.807) is 51.4 Å². The first-order chi connectivity index (χ1) is 9.13. The van der Waals surface area contributed by atoms with Crippen LogP contribution < -0.4 is 0 Å². The van der Waals surface area contributed by atoms with Crippen LogP contribution in [0.3, 0.4) is 0 Å². The van der Waals surface area contributed by atoms with Crippen molar-refractivity contribution in [2.45, 2.75) is 84.5 Å². The smallest absolute Gasteiger partial charge is 0.0266 e. The summed E-state index contributed by atoms with van der Waals surface area (Å²) in [5.74, 6) is 4.41.